The Morgan fingerprint density at radius 1 is 1.09 bits per heavy atom. The van der Waals surface area contributed by atoms with Gasteiger partial charge in [-0.2, -0.15) is 0 Å². The number of benzene rings is 2. The van der Waals surface area contributed by atoms with Gasteiger partial charge in [0.1, 0.15) is 0 Å². The zero-order valence-corrected chi connectivity index (χ0v) is 19.0. The van der Waals surface area contributed by atoms with Crippen molar-refractivity contribution in [2.75, 3.05) is 25.4 Å². The number of nitrogen functional groups attached to an aromatic ring is 1. The van der Waals surface area contributed by atoms with Crippen LogP contribution in [-0.4, -0.2) is 54.9 Å². The number of nitrogens with two attached hydrogens (primary N) is 1. The van der Waals surface area contributed by atoms with Gasteiger partial charge in [-0.1, -0.05) is 42.5 Å². The number of nitrogens with zero attached hydrogens (tertiary/aromatic N) is 2. The summed E-state index contributed by atoms with van der Waals surface area (Å²) in [5.41, 5.74) is 8.43. The summed E-state index contributed by atoms with van der Waals surface area (Å²) in [6.45, 7) is 2.07. The number of hydrogen-bond acceptors (Lipinski definition) is 6. The fourth-order valence-electron chi connectivity index (χ4n) is 3.84. The highest BCUT2D eigenvalue weighted by Crippen LogP contribution is 2.18. The van der Waals surface area contributed by atoms with Crippen LogP contribution in [0.25, 0.3) is 11.3 Å². The van der Waals surface area contributed by atoms with Crippen molar-refractivity contribution < 1.29 is 13.2 Å². The fourth-order valence-corrected chi connectivity index (χ4v) is 5.17. The van der Waals surface area contributed by atoms with Crippen molar-refractivity contribution >= 4 is 21.9 Å². The van der Waals surface area contributed by atoms with Crippen LogP contribution in [0.4, 0.5) is 5.95 Å². The first kappa shape index (κ1) is 23.0. The number of amides is 1. The first-order valence-corrected chi connectivity index (χ1v) is 12.3. The van der Waals surface area contributed by atoms with E-state index in [1.165, 1.54) is 0 Å². The highest BCUT2D eigenvalue weighted by Gasteiger charge is 2.25. The summed E-state index contributed by atoms with van der Waals surface area (Å²) in [6.07, 6.45) is 3.01. The van der Waals surface area contributed by atoms with E-state index in [-0.39, 0.29) is 16.8 Å². The Hall–Kier alpha value is -3.21. The summed E-state index contributed by atoms with van der Waals surface area (Å²) in [6, 6.07) is 16.1. The molecule has 10 heteroatoms. The summed E-state index contributed by atoms with van der Waals surface area (Å²) in [4.78, 5) is 21.7. The lowest BCUT2D eigenvalue weighted by molar-refractivity contribution is -0.122. The van der Waals surface area contributed by atoms with Crippen molar-refractivity contribution in [3.05, 3.63) is 66.4 Å². The second kappa shape index (κ2) is 10.2. The number of piperidine rings is 1. The van der Waals surface area contributed by atoms with Gasteiger partial charge in [0.25, 0.3) is 0 Å². The van der Waals surface area contributed by atoms with Gasteiger partial charge in [0, 0.05) is 25.7 Å². The number of nitrogens with one attached hydrogen (secondary N) is 3. The van der Waals surface area contributed by atoms with E-state index in [4.69, 9.17) is 5.73 Å². The third-order valence-electron chi connectivity index (χ3n) is 5.68. The van der Waals surface area contributed by atoms with Crippen LogP contribution >= 0.6 is 0 Å². The van der Waals surface area contributed by atoms with E-state index in [1.807, 2.05) is 29.2 Å². The minimum atomic E-state index is -3.52. The molecule has 33 heavy (non-hydrogen) atoms. The quantitative estimate of drug-likeness (QED) is 0.398. The number of sulfonamides is 1. The number of H-pyrrole nitrogens is 1. The minimum absolute atomic E-state index is 0.0521. The van der Waals surface area contributed by atoms with Gasteiger partial charge < -0.3 is 16.0 Å². The van der Waals surface area contributed by atoms with Crippen molar-refractivity contribution in [2.45, 2.75) is 30.3 Å². The number of imidazole rings is 1. The number of carbonyl (C=O) groups is 1. The number of anilines is 1. The second-order valence-corrected chi connectivity index (χ2v) is 9.85. The van der Waals surface area contributed by atoms with Gasteiger partial charge in [0.15, 0.2) is 5.95 Å². The Morgan fingerprint density at radius 3 is 2.42 bits per heavy atom. The first-order valence-electron chi connectivity index (χ1n) is 10.9. The van der Waals surface area contributed by atoms with Crippen LogP contribution in [0.15, 0.2) is 65.7 Å². The predicted octanol–water partition coefficient (Wildman–Crippen LogP) is 1.72. The molecule has 9 nitrogen and oxygen atoms in total. The average molecular weight is 469 g/mol. The van der Waals surface area contributed by atoms with Crippen molar-refractivity contribution in [1.82, 2.24) is 24.9 Å². The predicted molar refractivity (Wildman–Crippen MR) is 127 cm³/mol. The van der Waals surface area contributed by atoms with Gasteiger partial charge in [0.05, 0.1) is 23.3 Å². The van der Waals surface area contributed by atoms with Crippen molar-refractivity contribution in [2.24, 2.45) is 0 Å². The summed E-state index contributed by atoms with van der Waals surface area (Å²) < 4.78 is 27.7. The molecule has 2 heterocycles. The van der Waals surface area contributed by atoms with E-state index in [1.54, 1.807) is 36.5 Å². The SMILES string of the molecule is Nc1ncc(-c2ccc(CNC(=O)CN3CCC(NS(=O)(=O)c4ccccc4)CC3)cc2)[nH]1. The minimum Gasteiger partial charge on any atom is -0.369 e. The molecule has 174 valence electrons. The molecule has 2 aromatic carbocycles. The number of carbonyl (C=O) groups excluding carboxylic acids is 1. The molecule has 4 rings (SSSR count). The largest absolute Gasteiger partial charge is 0.369 e. The molecule has 1 fully saturated rings. The van der Waals surface area contributed by atoms with E-state index in [0.717, 1.165) is 16.8 Å². The standard InChI is InChI=1S/C23H28N6O3S/c24-23-26-15-21(27-23)18-8-6-17(7-9-18)14-25-22(30)16-29-12-10-19(11-13-29)28-33(31,32)20-4-2-1-3-5-20/h1-9,15,19,28H,10-14,16H2,(H,25,30)(H3,24,26,27). The third-order valence-corrected chi connectivity index (χ3v) is 7.22. The lowest BCUT2D eigenvalue weighted by Crippen LogP contribution is -2.47. The Bertz CT molecular complexity index is 1170. The monoisotopic (exact) mass is 468 g/mol. The zero-order valence-electron chi connectivity index (χ0n) is 18.2. The molecule has 3 aromatic rings. The molecule has 1 amide bonds. The first-order chi connectivity index (χ1) is 15.9. The van der Waals surface area contributed by atoms with Crippen LogP contribution in [0, 0.1) is 0 Å². The molecule has 0 saturated carbocycles. The van der Waals surface area contributed by atoms with Crippen molar-refractivity contribution in [1.29, 1.82) is 0 Å². The highest BCUT2D eigenvalue weighted by atomic mass is 32.2. The summed E-state index contributed by atoms with van der Waals surface area (Å²) in [5.74, 6) is 0.322. The van der Waals surface area contributed by atoms with Crippen molar-refractivity contribution in [3.63, 3.8) is 0 Å². The Morgan fingerprint density at radius 2 is 1.79 bits per heavy atom. The van der Waals surface area contributed by atoms with E-state index < -0.39 is 10.0 Å². The molecule has 1 aromatic heterocycles. The third kappa shape index (κ3) is 6.19. The Labute approximate surface area is 193 Å². The normalized spacial score (nSPS) is 15.4. The molecular formula is C23H28N6O3S. The number of aromatic amines is 1. The molecule has 0 aliphatic carbocycles. The lowest BCUT2D eigenvalue weighted by Gasteiger charge is -2.31. The second-order valence-electron chi connectivity index (χ2n) is 8.14. The summed E-state index contributed by atoms with van der Waals surface area (Å²) >= 11 is 0. The average Bonchev–Trinajstić information content (AvgIpc) is 3.26. The van der Waals surface area contributed by atoms with Gasteiger partial charge in [0.2, 0.25) is 15.9 Å². The van der Waals surface area contributed by atoms with Crippen molar-refractivity contribution in [3.8, 4) is 11.3 Å². The maximum absolute atomic E-state index is 12.5. The molecule has 0 atom stereocenters. The number of likely N-dealkylation sites (tertiary alicyclic amines) is 1. The smallest absolute Gasteiger partial charge is 0.240 e. The van der Waals surface area contributed by atoms with Crippen LogP contribution in [0.5, 0.6) is 0 Å². The van der Waals surface area contributed by atoms with Gasteiger partial charge in [-0.15, -0.1) is 0 Å². The molecule has 5 N–H and O–H groups in total. The Balaban J connectivity index is 1.19. The molecule has 0 unspecified atom stereocenters. The van der Waals surface area contributed by atoms with Crippen LogP contribution in [0.1, 0.15) is 18.4 Å². The molecule has 1 saturated heterocycles. The lowest BCUT2D eigenvalue weighted by atomic mass is 10.1. The van der Waals surface area contributed by atoms with Gasteiger partial charge >= 0.3 is 0 Å². The fraction of sp³-hybridized carbons (Fsp3) is 0.304. The Kier molecular flexibility index (Phi) is 7.07. The van der Waals surface area contributed by atoms with E-state index >= 15 is 0 Å². The topological polar surface area (TPSA) is 133 Å². The molecule has 0 radical (unpaired) electrons. The zero-order chi connectivity index (χ0) is 23.3. The summed E-state index contributed by atoms with van der Waals surface area (Å²) in [7, 11) is -3.52. The highest BCUT2D eigenvalue weighted by molar-refractivity contribution is 7.89. The van der Waals surface area contributed by atoms with E-state index in [0.29, 0.717) is 45.0 Å². The van der Waals surface area contributed by atoms with Gasteiger partial charge in [-0.3, -0.25) is 9.69 Å². The molecule has 0 spiro atoms. The molecule has 0 bridgehead atoms. The molecular weight excluding hydrogens is 440 g/mol. The number of aromatic nitrogens is 2. The molecule has 1 aliphatic heterocycles. The molecule has 1 aliphatic rings. The maximum Gasteiger partial charge on any atom is 0.240 e. The summed E-state index contributed by atoms with van der Waals surface area (Å²) in [5, 5.41) is 2.95. The van der Waals surface area contributed by atoms with E-state index in [9.17, 15) is 13.2 Å². The number of rotatable bonds is 8. The van der Waals surface area contributed by atoms with Crippen LogP contribution in [-0.2, 0) is 21.4 Å². The van der Waals surface area contributed by atoms with Gasteiger partial charge in [-0.25, -0.2) is 18.1 Å². The van der Waals surface area contributed by atoms with Gasteiger partial charge in [-0.05, 0) is 36.1 Å². The number of hydrogen-bond donors (Lipinski definition) is 4. The van der Waals surface area contributed by atoms with Crippen LogP contribution in [0.2, 0.25) is 0 Å². The van der Waals surface area contributed by atoms with E-state index in [2.05, 4.69) is 20.0 Å². The maximum atomic E-state index is 12.5. The van der Waals surface area contributed by atoms with Crippen LogP contribution < -0.4 is 15.8 Å². The van der Waals surface area contributed by atoms with Crippen LogP contribution in [0.3, 0.4) is 0 Å².